The number of fused-ring (bicyclic) bond motifs is 2. The molecule has 0 spiro atoms. The van der Waals surface area contributed by atoms with Crippen molar-refractivity contribution in [3.63, 3.8) is 0 Å². The summed E-state index contributed by atoms with van der Waals surface area (Å²) in [5.41, 5.74) is 3.48. The molecule has 0 unspecified atom stereocenters. The molecule has 0 saturated heterocycles. The van der Waals surface area contributed by atoms with E-state index in [1.54, 1.807) is 7.11 Å². The summed E-state index contributed by atoms with van der Waals surface area (Å²) in [4.78, 5) is 14.6. The lowest BCUT2D eigenvalue weighted by molar-refractivity contribution is -0.132. The van der Waals surface area contributed by atoms with Crippen LogP contribution < -0.4 is 14.2 Å². The zero-order chi connectivity index (χ0) is 17.9. The highest BCUT2D eigenvalue weighted by Crippen LogP contribution is 2.35. The van der Waals surface area contributed by atoms with E-state index in [1.807, 2.05) is 35.2 Å². The Hall–Kier alpha value is -2.69. The third-order valence-corrected chi connectivity index (χ3v) is 5.03. The van der Waals surface area contributed by atoms with Crippen molar-refractivity contribution >= 4 is 5.91 Å². The molecule has 0 radical (unpaired) electrons. The molecule has 2 aromatic rings. The highest BCUT2D eigenvalue weighted by atomic mass is 16.6. The highest BCUT2D eigenvalue weighted by Gasteiger charge is 2.24. The number of carbonyl (C=O) groups excluding carboxylic acids is 1. The van der Waals surface area contributed by atoms with Gasteiger partial charge in [-0.05, 0) is 47.7 Å². The Balaban J connectivity index is 1.42. The van der Waals surface area contributed by atoms with E-state index in [-0.39, 0.29) is 5.91 Å². The fourth-order valence-corrected chi connectivity index (χ4v) is 3.62. The van der Waals surface area contributed by atoms with Crippen LogP contribution >= 0.6 is 0 Å². The molecule has 136 valence electrons. The summed E-state index contributed by atoms with van der Waals surface area (Å²) < 4.78 is 16.7. The Morgan fingerprint density at radius 3 is 2.62 bits per heavy atom. The monoisotopic (exact) mass is 353 g/mol. The van der Waals surface area contributed by atoms with Gasteiger partial charge in [-0.15, -0.1) is 0 Å². The average molecular weight is 353 g/mol. The van der Waals surface area contributed by atoms with Crippen molar-refractivity contribution in [2.75, 3.05) is 26.9 Å². The number of hydrogen-bond acceptors (Lipinski definition) is 4. The number of methoxy groups -OCH3 is 1. The van der Waals surface area contributed by atoms with Crippen molar-refractivity contribution in [1.82, 2.24) is 4.90 Å². The van der Waals surface area contributed by atoms with Crippen LogP contribution in [0.25, 0.3) is 0 Å². The molecular formula is C21H23NO4. The number of benzene rings is 2. The molecule has 0 fully saturated rings. The van der Waals surface area contributed by atoms with Gasteiger partial charge in [0.15, 0.2) is 11.5 Å². The molecule has 1 amide bonds. The SMILES string of the molecule is COc1ccccc1CCC(=O)N1CCc2cc3c(cc2C1)OCCO3. The van der Waals surface area contributed by atoms with E-state index in [0.717, 1.165) is 41.3 Å². The number of nitrogens with zero attached hydrogens (tertiary/aromatic N) is 1. The van der Waals surface area contributed by atoms with Crippen LogP contribution in [0.5, 0.6) is 17.2 Å². The zero-order valence-corrected chi connectivity index (χ0v) is 15.0. The lowest BCUT2D eigenvalue weighted by Crippen LogP contribution is -2.36. The summed E-state index contributed by atoms with van der Waals surface area (Å²) in [6.07, 6.45) is 2.03. The number of amides is 1. The van der Waals surface area contributed by atoms with Crippen LogP contribution in [0.1, 0.15) is 23.1 Å². The molecule has 26 heavy (non-hydrogen) atoms. The molecule has 0 aromatic heterocycles. The van der Waals surface area contributed by atoms with E-state index in [0.29, 0.717) is 32.6 Å². The Labute approximate surface area is 153 Å². The zero-order valence-electron chi connectivity index (χ0n) is 15.0. The van der Waals surface area contributed by atoms with Crippen LogP contribution in [0, 0.1) is 0 Å². The van der Waals surface area contributed by atoms with Crippen LogP contribution in [0.4, 0.5) is 0 Å². The summed E-state index contributed by atoms with van der Waals surface area (Å²) >= 11 is 0. The predicted octanol–water partition coefficient (Wildman–Crippen LogP) is 2.98. The average Bonchev–Trinajstić information content (AvgIpc) is 2.70. The van der Waals surface area contributed by atoms with Gasteiger partial charge in [-0.3, -0.25) is 4.79 Å². The minimum atomic E-state index is 0.177. The van der Waals surface area contributed by atoms with Crippen molar-refractivity contribution in [3.05, 3.63) is 53.1 Å². The first-order chi connectivity index (χ1) is 12.7. The maximum absolute atomic E-state index is 12.7. The van der Waals surface area contributed by atoms with Crippen molar-refractivity contribution in [2.24, 2.45) is 0 Å². The minimum Gasteiger partial charge on any atom is -0.496 e. The standard InChI is InChI=1S/C21H23NO4/c1-24-18-5-3-2-4-15(18)6-7-21(23)22-9-8-16-12-19-20(13-17(16)14-22)26-11-10-25-19/h2-5,12-13H,6-11,14H2,1H3. The van der Waals surface area contributed by atoms with Crippen LogP contribution in [0.15, 0.2) is 36.4 Å². The second kappa shape index (κ2) is 7.28. The first-order valence-corrected chi connectivity index (χ1v) is 9.05. The smallest absolute Gasteiger partial charge is 0.223 e. The lowest BCUT2D eigenvalue weighted by atomic mass is 9.98. The van der Waals surface area contributed by atoms with Gasteiger partial charge in [0, 0.05) is 19.5 Å². The number of aryl methyl sites for hydroxylation is 1. The highest BCUT2D eigenvalue weighted by molar-refractivity contribution is 5.77. The maximum atomic E-state index is 12.7. The molecular weight excluding hydrogens is 330 g/mol. The minimum absolute atomic E-state index is 0.177. The molecule has 5 heteroatoms. The van der Waals surface area contributed by atoms with Gasteiger partial charge in [0.05, 0.1) is 7.11 Å². The van der Waals surface area contributed by atoms with Gasteiger partial charge >= 0.3 is 0 Å². The van der Waals surface area contributed by atoms with Gasteiger partial charge in [0.2, 0.25) is 5.91 Å². The molecule has 0 saturated carbocycles. The third-order valence-electron chi connectivity index (χ3n) is 5.03. The van der Waals surface area contributed by atoms with Crippen LogP contribution in [0.2, 0.25) is 0 Å². The predicted molar refractivity (Wildman–Crippen MR) is 97.9 cm³/mol. The summed E-state index contributed by atoms with van der Waals surface area (Å²) in [7, 11) is 1.66. The first-order valence-electron chi connectivity index (χ1n) is 9.05. The second-order valence-corrected chi connectivity index (χ2v) is 6.64. The maximum Gasteiger partial charge on any atom is 0.223 e. The first kappa shape index (κ1) is 16.8. The largest absolute Gasteiger partial charge is 0.496 e. The number of hydrogen-bond donors (Lipinski definition) is 0. The van der Waals surface area contributed by atoms with Gasteiger partial charge < -0.3 is 19.1 Å². The second-order valence-electron chi connectivity index (χ2n) is 6.64. The Bertz CT molecular complexity index is 818. The fraction of sp³-hybridized carbons (Fsp3) is 0.381. The molecule has 4 rings (SSSR count). The molecule has 0 N–H and O–H groups in total. The van der Waals surface area contributed by atoms with E-state index in [4.69, 9.17) is 14.2 Å². The van der Waals surface area contributed by atoms with Gasteiger partial charge in [-0.1, -0.05) is 18.2 Å². The van der Waals surface area contributed by atoms with E-state index >= 15 is 0 Å². The van der Waals surface area contributed by atoms with E-state index in [1.165, 1.54) is 5.56 Å². The van der Waals surface area contributed by atoms with Crippen LogP contribution in [0.3, 0.4) is 0 Å². The molecule has 2 heterocycles. The van der Waals surface area contributed by atoms with E-state index < -0.39 is 0 Å². The number of rotatable bonds is 4. The Kier molecular flexibility index (Phi) is 4.69. The normalized spacial score (nSPS) is 15.3. The quantitative estimate of drug-likeness (QED) is 0.848. The summed E-state index contributed by atoms with van der Waals surface area (Å²) in [5, 5.41) is 0. The van der Waals surface area contributed by atoms with E-state index in [9.17, 15) is 4.79 Å². The summed E-state index contributed by atoms with van der Waals surface area (Å²) in [5.74, 6) is 2.63. The van der Waals surface area contributed by atoms with Crippen molar-refractivity contribution in [3.8, 4) is 17.2 Å². The lowest BCUT2D eigenvalue weighted by Gasteiger charge is -2.30. The summed E-state index contributed by atoms with van der Waals surface area (Å²) in [6, 6.07) is 12.0. The molecule has 0 aliphatic carbocycles. The molecule has 2 aliphatic heterocycles. The molecule has 0 bridgehead atoms. The Morgan fingerprint density at radius 2 is 1.85 bits per heavy atom. The van der Waals surface area contributed by atoms with Crippen molar-refractivity contribution < 1.29 is 19.0 Å². The molecule has 2 aliphatic rings. The van der Waals surface area contributed by atoms with Gasteiger partial charge in [-0.2, -0.15) is 0 Å². The fourth-order valence-electron chi connectivity index (χ4n) is 3.62. The Morgan fingerprint density at radius 1 is 1.12 bits per heavy atom. The van der Waals surface area contributed by atoms with Crippen molar-refractivity contribution in [2.45, 2.75) is 25.8 Å². The summed E-state index contributed by atoms with van der Waals surface area (Å²) in [6.45, 7) is 2.56. The van der Waals surface area contributed by atoms with Crippen LogP contribution in [-0.2, 0) is 24.2 Å². The number of para-hydroxylation sites is 1. The topological polar surface area (TPSA) is 48.0 Å². The number of carbonyl (C=O) groups is 1. The van der Waals surface area contributed by atoms with Gasteiger partial charge in [-0.25, -0.2) is 0 Å². The molecule has 0 atom stereocenters. The molecule has 2 aromatic carbocycles. The molecule has 5 nitrogen and oxygen atoms in total. The van der Waals surface area contributed by atoms with Crippen LogP contribution in [-0.4, -0.2) is 37.7 Å². The van der Waals surface area contributed by atoms with Gasteiger partial charge in [0.1, 0.15) is 19.0 Å². The van der Waals surface area contributed by atoms with Crippen molar-refractivity contribution in [1.29, 1.82) is 0 Å². The third kappa shape index (κ3) is 3.34. The van der Waals surface area contributed by atoms with Gasteiger partial charge in [0.25, 0.3) is 0 Å². The number of ether oxygens (including phenoxy) is 3. The van der Waals surface area contributed by atoms with E-state index in [2.05, 4.69) is 6.07 Å².